The summed E-state index contributed by atoms with van der Waals surface area (Å²) in [5, 5.41) is 16.7. The number of carboxylic acids is 1. The largest absolute Gasteiger partial charge is 0.478 e. The summed E-state index contributed by atoms with van der Waals surface area (Å²) in [6, 6.07) is 2.82. The molecule has 0 aliphatic heterocycles. The Morgan fingerprint density at radius 1 is 1.15 bits per heavy atom. The number of unbranched alkanes of at least 4 members (excludes halogenated alkanes) is 1. The van der Waals surface area contributed by atoms with Gasteiger partial charge in [-0.3, -0.25) is 0 Å². The first kappa shape index (κ1) is 35.2. The van der Waals surface area contributed by atoms with Crippen LogP contribution in [-0.4, -0.2) is 88.2 Å². The van der Waals surface area contributed by atoms with Crippen molar-refractivity contribution >= 4 is 41.4 Å². The van der Waals surface area contributed by atoms with Gasteiger partial charge < -0.3 is 34.9 Å². The minimum atomic E-state index is -4.75. The molecule has 46 heavy (non-hydrogen) atoms. The number of hydrogen-bond donors (Lipinski definition) is 4. The van der Waals surface area contributed by atoms with Crippen molar-refractivity contribution in [3.63, 3.8) is 0 Å². The summed E-state index contributed by atoms with van der Waals surface area (Å²) in [4.78, 5) is 36.7. The first-order valence-electron chi connectivity index (χ1n) is 15.2. The van der Waals surface area contributed by atoms with Crippen LogP contribution in [0.2, 0.25) is 0 Å². The number of ether oxygens (including phenoxy) is 1. The van der Waals surface area contributed by atoms with Crippen LogP contribution in [0.3, 0.4) is 0 Å². The molecule has 0 spiro atoms. The molecule has 4 rings (SSSR count). The Hall–Kier alpha value is -3.64. The maximum absolute atomic E-state index is 14.1. The molecule has 3 aromatic rings. The second-order valence-electron chi connectivity index (χ2n) is 13.1. The maximum Gasteiger partial charge on any atom is 0.419 e. The van der Waals surface area contributed by atoms with E-state index in [1.807, 2.05) is 20.8 Å². The monoisotopic (exact) mass is 666 g/mol. The fourth-order valence-electron chi connectivity index (χ4n) is 5.67. The minimum absolute atomic E-state index is 0.0483. The predicted molar refractivity (Wildman–Crippen MR) is 172 cm³/mol. The number of H-pyrrole nitrogens is 1. The van der Waals surface area contributed by atoms with Crippen molar-refractivity contribution in [2.45, 2.75) is 76.7 Å². The number of halogens is 3. The number of aromatic carboxylic acids is 1. The molecule has 15 heteroatoms. The molecular formula is C31H42F3N6O5P. The van der Waals surface area contributed by atoms with Gasteiger partial charge in [0.05, 0.1) is 16.8 Å². The summed E-state index contributed by atoms with van der Waals surface area (Å²) in [7, 11) is -1.44. The third-order valence-corrected chi connectivity index (χ3v) is 9.31. The molecule has 1 fully saturated rings. The van der Waals surface area contributed by atoms with Crippen LogP contribution < -0.4 is 15.9 Å². The molecule has 2 atom stereocenters. The number of carbonyl (C=O) groups excluding carboxylic acids is 1. The van der Waals surface area contributed by atoms with Crippen molar-refractivity contribution < 1.29 is 37.2 Å². The van der Waals surface area contributed by atoms with E-state index >= 15 is 0 Å². The van der Waals surface area contributed by atoms with Crippen LogP contribution in [0.5, 0.6) is 0 Å². The zero-order chi connectivity index (χ0) is 34.0. The van der Waals surface area contributed by atoms with E-state index in [0.717, 1.165) is 44.8 Å². The normalized spacial score (nSPS) is 17.3. The molecule has 2 aromatic heterocycles. The number of anilines is 1. The highest BCUT2D eigenvalue weighted by Gasteiger charge is 2.37. The van der Waals surface area contributed by atoms with E-state index < -0.39 is 30.5 Å². The number of aromatic nitrogens is 3. The summed E-state index contributed by atoms with van der Waals surface area (Å²) in [6.07, 6.45) is 1.01. The Labute approximate surface area is 266 Å². The molecule has 1 saturated carbocycles. The lowest BCUT2D eigenvalue weighted by Gasteiger charge is -2.24. The van der Waals surface area contributed by atoms with Gasteiger partial charge in [-0.1, -0.05) is 6.07 Å². The number of rotatable bonds is 11. The average molecular weight is 667 g/mol. The summed E-state index contributed by atoms with van der Waals surface area (Å²) in [5.41, 5.74) is -1.82. The number of carbonyl (C=O) groups is 2. The molecule has 0 radical (unpaired) electrons. The highest BCUT2D eigenvalue weighted by atomic mass is 31.2. The van der Waals surface area contributed by atoms with Crippen LogP contribution in [0.15, 0.2) is 24.5 Å². The molecular weight excluding hydrogens is 624 g/mol. The van der Waals surface area contributed by atoms with Gasteiger partial charge in [-0.15, -0.1) is 0 Å². The van der Waals surface area contributed by atoms with Crippen LogP contribution >= 0.6 is 7.14 Å². The third-order valence-electron chi connectivity index (χ3n) is 7.77. The number of benzene rings is 1. The van der Waals surface area contributed by atoms with Gasteiger partial charge in [0.15, 0.2) is 0 Å². The fourth-order valence-corrected chi connectivity index (χ4v) is 7.14. The molecule has 1 aliphatic rings. The molecule has 0 saturated heterocycles. The average Bonchev–Trinajstić information content (AvgIpc) is 3.56. The Morgan fingerprint density at radius 3 is 2.48 bits per heavy atom. The Morgan fingerprint density at radius 2 is 1.85 bits per heavy atom. The topological polar surface area (TPSA) is 150 Å². The Balaban J connectivity index is 1.44. The second-order valence-corrected chi connectivity index (χ2v) is 16.3. The lowest BCUT2D eigenvalue weighted by Crippen LogP contribution is -2.35. The Kier molecular flexibility index (Phi) is 10.4. The lowest BCUT2D eigenvalue weighted by atomic mass is 10.0. The number of amides is 1. The molecule has 0 bridgehead atoms. The van der Waals surface area contributed by atoms with E-state index in [2.05, 4.69) is 25.6 Å². The highest BCUT2D eigenvalue weighted by Crippen LogP contribution is 2.43. The Bertz CT molecular complexity index is 1630. The molecule has 252 valence electrons. The molecule has 2 heterocycles. The van der Waals surface area contributed by atoms with Gasteiger partial charge in [0.1, 0.15) is 18.3 Å². The van der Waals surface area contributed by atoms with Crippen molar-refractivity contribution in [1.29, 1.82) is 0 Å². The minimum Gasteiger partial charge on any atom is -0.478 e. The lowest BCUT2D eigenvalue weighted by molar-refractivity contribution is -0.137. The van der Waals surface area contributed by atoms with Gasteiger partial charge in [-0.05, 0) is 78.8 Å². The van der Waals surface area contributed by atoms with E-state index in [-0.39, 0.29) is 57.2 Å². The first-order valence-corrected chi connectivity index (χ1v) is 17.8. The molecule has 0 unspecified atom stereocenters. The summed E-state index contributed by atoms with van der Waals surface area (Å²) in [5.74, 6) is -1.23. The van der Waals surface area contributed by atoms with Gasteiger partial charge >= 0.3 is 18.2 Å². The number of nitrogens with zero attached hydrogens (tertiary/aromatic N) is 3. The van der Waals surface area contributed by atoms with Gasteiger partial charge in [0.25, 0.3) is 0 Å². The third kappa shape index (κ3) is 8.58. The van der Waals surface area contributed by atoms with Crippen molar-refractivity contribution in [3.05, 3.63) is 35.7 Å². The van der Waals surface area contributed by atoms with E-state index in [1.165, 1.54) is 31.7 Å². The smallest absolute Gasteiger partial charge is 0.419 e. The van der Waals surface area contributed by atoms with Gasteiger partial charge in [0, 0.05) is 54.3 Å². The fraction of sp³-hybridized carbons (Fsp3) is 0.548. The number of aromatic amines is 1. The highest BCUT2D eigenvalue weighted by molar-refractivity contribution is 7.70. The summed E-state index contributed by atoms with van der Waals surface area (Å²) < 4.78 is 60.8. The second kappa shape index (κ2) is 13.6. The van der Waals surface area contributed by atoms with E-state index in [1.54, 1.807) is 11.9 Å². The summed E-state index contributed by atoms with van der Waals surface area (Å²) >= 11 is 0. The molecule has 1 aromatic carbocycles. The number of hydrogen-bond acceptors (Lipinski definition) is 8. The van der Waals surface area contributed by atoms with Crippen molar-refractivity contribution in [2.24, 2.45) is 0 Å². The predicted octanol–water partition coefficient (Wildman–Crippen LogP) is 6.16. The van der Waals surface area contributed by atoms with Crippen LogP contribution in [0.25, 0.3) is 22.2 Å². The number of carboxylic acid groups (broad SMARTS) is 1. The molecule has 1 aliphatic carbocycles. The van der Waals surface area contributed by atoms with Crippen LogP contribution in [0.1, 0.15) is 68.8 Å². The van der Waals surface area contributed by atoms with E-state index in [0.29, 0.717) is 6.54 Å². The first-order chi connectivity index (χ1) is 21.3. The van der Waals surface area contributed by atoms with Gasteiger partial charge in [0.2, 0.25) is 5.95 Å². The van der Waals surface area contributed by atoms with E-state index in [4.69, 9.17) is 4.74 Å². The van der Waals surface area contributed by atoms with Crippen molar-refractivity contribution in [2.75, 3.05) is 38.8 Å². The zero-order valence-electron chi connectivity index (χ0n) is 26.9. The van der Waals surface area contributed by atoms with Crippen molar-refractivity contribution in [1.82, 2.24) is 25.2 Å². The SMILES string of the molecule is CN(CCCCN[C@H]1CC[C@H](Nc2ncc(C(F)(F)F)c(-c3c[nH]c4c(P(C)(C)=O)c(C(=O)O)ccc34)n2)C1)C(=O)OC(C)(C)C. The van der Waals surface area contributed by atoms with E-state index in [9.17, 15) is 32.4 Å². The van der Waals surface area contributed by atoms with Gasteiger partial charge in [-0.25, -0.2) is 19.6 Å². The number of alkyl halides is 3. The molecule has 4 N–H and O–H groups in total. The van der Waals surface area contributed by atoms with Crippen LogP contribution in [-0.2, 0) is 15.5 Å². The maximum atomic E-state index is 14.1. The van der Waals surface area contributed by atoms with Crippen LogP contribution in [0.4, 0.5) is 23.9 Å². The van der Waals surface area contributed by atoms with Crippen molar-refractivity contribution in [3.8, 4) is 11.3 Å². The summed E-state index contributed by atoms with van der Waals surface area (Å²) in [6.45, 7) is 9.64. The zero-order valence-corrected chi connectivity index (χ0v) is 27.8. The van der Waals surface area contributed by atoms with Gasteiger partial charge in [-0.2, -0.15) is 13.2 Å². The molecule has 11 nitrogen and oxygen atoms in total. The number of fused-ring (bicyclic) bond motifs is 1. The number of nitrogens with one attached hydrogen (secondary N) is 3. The van der Waals surface area contributed by atoms with Crippen LogP contribution in [0, 0.1) is 0 Å². The quantitative estimate of drug-likeness (QED) is 0.139. The standard InChI is InChI=1S/C31H42F3N6O5P/c1-30(2,3)45-29(43)40(4)14-8-7-13-35-18-9-10-19(15-18)38-28-37-17-23(31(32,33)34)24(39-28)22-16-36-25-20(22)11-12-21(27(41)42)26(25)46(5,6)44/h11-12,16-19,35-36H,7-10,13-15H2,1-6H3,(H,41,42)(H,37,38,39)/t18-,19-/m0/s1. The molecule has 1 amide bonds.